The molecule has 112 valence electrons. The summed E-state index contributed by atoms with van der Waals surface area (Å²) in [4.78, 5) is -0.117. The predicted octanol–water partition coefficient (Wildman–Crippen LogP) is 2.05. The maximum Gasteiger partial charge on any atom is 0.240 e. The second-order valence-electron chi connectivity index (χ2n) is 5.27. The average Bonchev–Trinajstić information content (AvgIpc) is 2.46. The Labute approximate surface area is 119 Å². The van der Waals surface area contributed by atoms with Crippen molar-refractivity contribution in [3.63, 3.8) is 0 Å². The second kappa shape index (κ2) is 6.65. The Hall–Kier alpha value is -0.980. The van der Waals surface area contributed by atoms with Gasteiger partial charge in [0.1, 0.15) is 5.82 Å². The molecule has 6 heteroatoms. The molecule has 0 saturated heterocycles. The van der Waals surface area contributed by atoms with Crippen molar-refractivity contribution in [2.75, 3.05) is 6.54 Å². The number of benzene rings is 1. The molecule has 1 aromatic rings. The van der Waals surface area contributed by atoms with E-state index >= 15 is 0 Å². The van der Waals surface area contributed by atoms with Crippen LogP contribution in [0.4, 0.5) is 4.39 Å². The minimum atomic E-state index is -3.77. The fraction of sp³-hybridized carbons (Fsp3) is 0.571. The molecule has 1 aliphatic carbocycles. The van der Waals surface area contributed by atoms with Gasteiger partial charge in [-0.2, -0.15) is 0 Å². The van der Waals surface area contributed by atoms with Gasteiger partial charge in [0.25, 0.3) is 0 Å². The molecule has 0 heterocycles. The summed E-state index contributed by atoms with van der Waals surface area (Å²) in [6, 6.07) is 4.84. The van der Waals surface area contributed by atoms with Crippen LogP contribution in [-0.2, 0) is 10.0 Å². The number of halogens is 1. The Morgan fingerprint density at radius 2 is 2.00 bits per heavy atom. The predicted molar refractivity (Wildman–Crippen MR) is 74.2 cm³/mol. The first-order valence-electron chi connectivity index (χ1n) is 6.92. The van der Waals surface area contributed by atoms with Gasteiger partial charge >= 0.3 is 0 Å². The van der Waals surface area contributed by atoms with Crippen molar-refractivity contribution in [1.29, 1.82) is 0 Å². The van der Waals surface area contributed by atoms with E-state index in [-0.39, 0.29) is 17.4 Å². The van der Waals surface area contributed by atoms with Crippen LogP contribution in [0.2, 0.25) is 0 Å². The lowest BCUT2D eigenvalue weighted by atomic mass is 9.85. The molecule has 20 heavy (non-hydrogen) atoms. The summed E-state index contributed by atoms with van der Waals surface area (Å²) in [7, 11) is -3.77. The molecule has 1 atom stereocenters. The Balaban J connectivity index is 1.95. The molecule has 0 aromatic heterocycles. The zero-order valence-electron chi connectivity index (χ0n) is 11.3. The molecule has 1 aromatic carbocycles. The lowest BCUT2D eigenvalue weighted by molar-refractivity contribution is 0.0888. The SMILES string of the molecule is O=S(=O)(NCC(O)C1CCCCC1)c1cccc(F)c1. The van der Waals surface area contributed by atoms with E-state index in [9.17, 15) is 17.9 Å². The molecule has 1 fully saturated rings. The van der Waals surface area contributed by atoms with Crippen molar-refractivity contribution in [3.8, 4) is 0 Å². The highest BCUT2D eigenvalue weighted by Crippen LogP contribution is 2.26. The number of sulfonamides is 1. The van der Waals surface area contributed by atoms with Crippen molar-refractivity contribution in [2.45, 2.75) is 43.1 Å². The van der Waals surface area contributed by atoms with Crippen LogP contribution in [0.25, 0.3) is 0 Å². The van der Waals surface area contributed by atoms with Gasteiger partial charge in [0.05, 0.1) is 11.0 Å². The fourth-order valence-electron chi connectivity index (χ4n) is 2.60. The van der Waals surface area contributed by atoms with Crippen LogP contribution in [-0.4, -0.2) is 26.2 Å². The van der Waals surface area contributed by atoms with E-state index in [1.54, 1.807) is 0 Å². The average molecular weight is 301 g/mol. The molecule has 0 radical (unpaired) electrons. The largest absolute Gasteiger partial charge is 0.391 e. The normalized spacial score (nSPS) is 18.9. The van der Waals surface area contributed by atoms with Gasteiger partial charge < -0.3 is 5.11 Å². The topological polar surface area (TPSA) is 66.4 Å². The smallest absolute Gasteiger partial charge is 0.240 e. The highest BCUT2D eigenvalue weighted by Gasteiger charge is 2.23. The van der Waals surface area contributed by atoms with Crippen LogP contribution < -0.4 is 4.72 Å². The minimum Gasteiger partial charge on any atom is -0.391 e. The highest BCUT2D eigenvalue weighted by atomic mass is 32.2. The van der Waals surface area contributed by atoms with Crippen LogP contribution in [0.3, 0.4) is 0 Å². The summed E-state index contributed by atoms with van der Waals surface area (Å²) in [5.41, 5.74) is 0. The van der Waals surface area contributed by atoms with Gasteiger partial charge in [-0.1, -0.05) is 25.3 Å². The first-order valence-corrected chi connectivity index (χ1v) is 8.40. The first-order chi connectivity index (χ1) is 9.49. The second-order valence-corrected chi connectivity index (χ2v) is 7.04. The zero-order valence-corrected chi connectivity index (χ0v) is 12.1. The van der Waals surface area contributed by atoms with Crippen LogP contribution in [0, 0.1) is 11.7 Å². The van der Waals surface area contributed by atoms with E-state index in [0.29, 0.717) is 0 Å². The Kier molecular flexibility index (Phi) is 5.12. The van der Waals surface area contributed by atoms with Gasteiger partial charge in [0, 0.05) is 6.54 Å². The molecular weight excluding hydrogens is 281 g/mol. The van der Waals surface area contributed by atoms with Crippen LogP contribution in [0.1, 0.15) is 32.1 Å². The molecular formula is C14H20FNO3S. The third kappa shape index (κ3) is 4.01. The maximum absolute atomic E-state index is 13.0. The Morgan fingerprint density at radius 1 is 1.30 bits per heavy atom. The van der Waals surface area contributed by atoms with E-state index in [4.69, 9.17) is 0 Å². The van der Waals surface area contributed by atoms with Crippen LogP contribution in [0.5, 0.6) is 0 Å². The number of aliphatic hydroxyl groups is 1. The van der Waals surface area contributed by atoms with E-state index < -0.39 is 21.9 Å². The van der Waals surface area contributed by atoms with E-state index in [1.165, 1.54) is 24.6 Å². The van der Waals surface area contributed by atoms with E-state index in [0.717, 1.165) is 31.7 Å². The summed E-state index contributed by atoms with van der Waals surface area (Å²) in [5.74, 6) is -0.445. The monoisotopic (exact) mass is 301 g/mol. The molecule has 4 nitrogen and oxygen atoms in total. The van der Waals surface area contributed by atoms with Gasteiger partial charge in [-0.15, -0.1) is 0 Å². The van der Waals surface area contributed by atoms with Gasteiger partial charge in [-0.3, -0.25) is 0 Å². The van der Waals surface area contributed by atoms with Gasteiger partial charge in [-0.25, -0.2) is 17.5 Å². The summed E-state index contributed by atoms with van der Waals surface area (Å²) < 4.78 is 39.4. The third-order valence-electron chi connectivity index (χ3n) is 3.78. The number of nitrogens with one attached hydrogen (secondary N) is 1. The number of rotatable bonds is 5. The van der Waals surface area contributed by atoms with Crippen molar-refractivity contribution in [2.24, 2.45) is 5.92 Å². The lowest BCUT2D eigenvalue weighted by Gasteiger charge is -2.26. The van der Waals surface area contributed by atoms with E-state index in [1.807, 2.05) is 0 Å². The van der Waals surface area contributed by atoms with Gasteiger partial charge in [-0.05, 0) is 37.0 Å². The van der Waals surface area contributed by atoms with Gasteiger partial charge in [0.15, 0.2) is 0 Å². The standard InChI is InChI=1S/C14H20FNO3S/c15-12-7-4-8-13(9-12)20(18,19)16-10-14(17)11-5-2-1-3-6-11/h4,7-9,11,14,16-17H,1-3,5-6,10H2. The van der Waals surface area contributed by atoms with Crippen LogP contribution >= 0.6 is 0 Å². The molecule has 2 N–H and O–H groups in total. The van der Waals surface area contributed by atoms with Crippen molar-refractivity contribution in [3.05, 3.63) is 30.1 Å². The maximum atomic E-state index is 13.0. The van der Waals surface area contributed by atoms with Gasteiger partial charge in [0.2, 0.25) is 10.0 Å². The molecule has 1 saturated carbocycles. The summed E-state index contributed by atoms with van der Waals surface area (Å²) >= 11 is 0. The molecule has 0 spiro atoms. The zero-order chi connectivity index (χ0) is 14.6. The fourth-order valence-corrected chi connectivity index (χ4v) is 3.68. The molecule has 1 aliphatic rings. The number of hydrogen-bond acceptors (Lipinski definition) is 3. The highest BCUT2D eigenvalue weighted by molar-refractivity contribution is 7.89. The Bertz CT molecular complexity index is 541. The van der Waals surface area contributed by atoms with Crippen molar-refractivity contribution in [1.82, 2.24) is 4.72 Å². The molecule has 0 aliphatic heterocycles. The molecule has 1 unspecified atom stereocenters. The quantitative estimate of drug-likeness (QED) is 0.874. The minimum absolute atomic E-state index is 0.0243. The van der Waals surface area contributed by atoms with Crippen LogP contribution in [0.15, 0.2) is 29.2 Å². The number of aliphatic hydroxyl groups excluding tert-OH is 1. The molecule has 2 rings (SSSR count). The lowest BCUT2D eigenvalue weighted by Crippen LogP contribution is -2.37. The third-order valence-corrected chi connectivity index (χ3v) is 5.20. The molecule has 0 amide bonds. The molecule has 0 bridgehead atoms. The summed E-state index contributed by atoms with van der Waals surface area (Å²) in [6.07, 6.45) is 4.53. The first kappa shape index (κ1) is 15.4. The summed E-state index contributed by atoms with van der Waals surface area (Å²) in [5, 5.41) is 10.0. The number of hydrogen-bond donors (Lipinski definition) is 2. The Morgan fingerprint density at radius 3 is 2.65 bits per heavy atom. The summed E-state index contributed by atoms with van der Waals surface area (Å²) in [6.45, 7) is -0.0243. The van der Waals surface area contributed by atoms with E-state index in [2.05, 4.69) is 4.72 Å². The van der Waals surface area contributed by atoms with Crippen molar-refractivity contribution >= 4 is 10.0 Å². The van der Waals surface area contributed by atoms with Crippen molar-refractivity contribution < 1.29 is 17.9 Å².